The van der Waals surface area contributed by atoms with Gasteiger partial charge in [0, 0.05) is 13.1 Å². The summed E-state index contributed by atoms with van der Waals surface area (Å²) in [5.74, 6) is 0.624. The van der Waals surface area contributed by atoms with E-state index in [9.17, 15) is 8.42 Å². The number of sulfone groups is 1. The molecule has 0 atom stereocenters. The summed E-state index contributed by atoms with van der Waals surface area (Å²) in [5.41, 5.74) is 2.29. The van der Waals surface area contributed by atoms with Crippen molar-refractivity contribution >= 4 is 9.84 Å². The Kier molecular flexibility index (Phi) is 1.38. The molecule has 2 aliphatic rings. The van der Waals surface area contributed by atoms with Gasteiger partial charge in [0.15, 0.2) is 9.84 Å². The van der Waals surface area contributed by atoms with Crippen molar-refractivity contribution < 1.29 is 8.42 Å². The highest BCUT2D eigenvalue weighted by Gasteiger charge is 2.31. The van der Waals surface area contributed by atoms with Gasteiger partial charge in [-0.1, -0.05) is 0 Å². The van der Waals surface area contributed by atoms with Gasteiger partial charge in [-0.2, -0.15) is 0 Å². The van der Waals surface area contributed by atoms with E-state index in [1.54, 1.807) is 0 Å². The highest BCUT2D eigenvalue weighted by atomic mass is 32.2. The summed E-state index contributed by atoms with van der Waals surface area (Å²) in [4.78, 5) is 2.15. The van der Waals surface area contributed by atoms with Crippen LogP contribution in [0.4, 0.5) is 0 Å². The minimum atomic E-state index is -2.73. The first kappa shape index (κ1) is 7.31. The van der Waals surface area contributed by atoms with Crippen molar-refractivity contribution in [2.45, 2.75) is 0 Å². The van der Waals surface area contributed by atoms with Crippen LogP contribution in [0.15, 0.2) is 11.1 Å². The van der Waals surface area contributed by atoms with E-state index in [0.717, 1.165) is 24.2 Å². The lowest BCUT2D eigenvalue weighted by molar-refractivity contribution is 0.423. The minimum Gasteiger partial charge on any atom is -0.298 e. The van der Waals surface area contributed by atoms with Crippen molar-refractivity contribution in [1.82, 2.24) is 4.90 Å². The molecule has 0 bridgehead atoms. The van der Waals surface area contributed by atoms with Crippen LogP contribution in [0.25, 0.3) is 0 Å². The second kappa shape index (κ2) is 2.08. The van der Waals surface area contributed by atoms with Crippen molar-refractivity contribution in [2.24, 2.45) is 0 Å². The average Bonchev–Trinajstić information content (AvgIpc) is 2.17. The summed E-state index contributed by atoms with van der Waals surface area (Å²) in [6.07, 6.45) is 0. The molecule has 0 N–H and O–H groups in total. The van der Waals surface area contributed by atoms with Crippen LogP contribution in [-0.2, 0) is 9.84 Å². The lowest BCUT2D eigenvalue weighted by Gasteiger charge is -2.08. The SMILES string of the molecule is CN1CC2=C(C1)CS(=O)(=O)C2. The second-order valence-corrected chi connectivity index (χ2v) is 5.48. The number of hydrogen-bond acceptors (Lipinski definition) is 3. The minimum absolute atomic E-state index is 0.312. The molecule has 2 heterocycles. The molecule has 11 heavy (non-hydrogen) atoms. The maximum atomic E-state index is 11.1. The Morgan fingerprint density at radius 1 is 1.18 bits per heavy atom. The standard InChI is InChI=1S/C7H11NO2S/c1-8-2-6-4-11(9,10)5-7(6)3-8/h2-5H2,1H3. The first-order chi connectivity index (χ1) is 5.07. The van der Waals surface area contributed by atoms with Gasteiger partial charge < -0.3 is 0 Å². The van der Waals surface area contributed by atoms with Gasteiger partial charge in [-0.05, 0) is 18.2 Å². The topological polar surface area (TPSA) is 37.4 Å². The van der Waals surface area contributed by atoms with Crippen LogP contribution in [0.2, 0.25) is 0 Å². The third kappa shape index (κ3) is 1.20. The van der Waals surface area contributed by atoms with Gasteiger partial charge >= 0.3 is 0 Å². The number of rotatable bonds is 0. The normalized spacial score (nSPS) is 29.5. The van der Waals surface area contributed by atoms with Crippen LogP contribution in [0, 0.1) is 0 Å². The zero-order chi connectivity index (χ0) is 8.06. The largest absolute Gasteiger partial charge is 0.298 e. The van der Waals surface area contributed by atoms with Gasteiger partial charge in [-0.25, -0.2) is 8.42 Å². The summed E-state index contributed by atoms with van der Waals surface area (Å²) in [6, 6.07) is 0. The van der Waals surface area contributed by atoms with E-state index >= 15 is 0 Å². The fourth-order valence-corrected chi connectivity index (χ4v) is 3.56. The Labute approximate surface area is 66.6 Å². The van der Waals surface area contributed by atoms with Gasteiger partial charge in [-0.15, -0.1) is 0 Å². The zero-order valence-electron chi connectivity index (χ0n) is 6.50. The van der Waals surface area contributed by atoms with Crippen LogP contribution in [0.1, 0.15) is 0 Å². The summed E-state index contributed by atoms with van der Waals surface area (Å²) in [5, 5.41) is 0. The molecule has 0 saturated heterocycles. The number of hydrogen-bond donors (Lipinski definition) is 0. The van der Waals surface area contributed by atoms with Gasteiger partial charge in [0.2, 0.25) is 0 Å². The molecule has 0 unspecified atom stereocenters. The van der Waals surface area contributed by atoms with Crippen LogP contribution in [-0.4, -0.2) is 45.0 Å². The molecule has 0 aromatic heterocycles. The maximum Gasteiger partial charge on any atom is 0.158 e. The average molecular weight is 173 g/mol. The van der Waals surface area contributed by atoms with E-state index in [1.165, 1.54) is 0 Å². The molecule has 2 rings (SSSR count). The summed E-state index contributed by atoms with van der Waals surface area (Å²) >= 11 is 0. The Morgan fingerprint density at radius 3 is 2.09 bits per heavy atom. The zero-order valence-corrected chi connectivity index (χ0v) is 7.32. The molecule has 3 nitrogen and oxygen atoms in total. The van der Waals surface area contributed by atoms with Crippen molar-refractivity contribution in [3.05, 3.63) is 11.1 Å². The molecule has 0 saturated carbocycles. The lowest BCUT2D eigenvalue weighted by atomic mass is 10.2. The van der Waals surface area contributed by atoms with Crippen molar-refractivity contribution in [3.8, 4) is 0 Å². The van der Waals surface area contributed by atoms with E-state index in [2.05, 4.69) is 4.90 Å². The van der Waals surface area contributed by atoms with Crippen LogP contribution >= 0.6 is 0 Å². The molecular weight excluding hydrogens is 162 g/mol. The molecule has 4 heteroatoms. The van der Waals surface area contributed by atoms with Crippen LogP contribution in [0.3, 0.4) is 0 Å². The van der Waals surface area contributed by atoms with Crippen molar-refractivity contribution in [2.75, 3.05) is 31.6 Å². The first-order valence-corrected chi connectivity index (χ1v) is 5.48. The predicted molar refractivity (Wildman–Crippen MR) is 43.2 cm³/mol. The lowest BCUT2D eigenvalue weighted by Crippen LogP contribution is -2.20. The van der Waals surface area contributed by atoms with E-state index in [4.69, 9.17) is 0 Å². The fraction of sp³-hybridized carbons (Fsp3) is 0.714. The fourth-order valence-electron chi connectivity index (χ4n) is 1.81. The molecule has 62 valence electrons. The van der Waals surface area contributed by atoms with Crippen molar-refractivity contribution in [1.29, 1.82) is 0 Å². The first-order valence-electron chi connectivity index (χ1n) is 3.65. The summed E-state index contributed by atoms with van der Waals surface area (Å²) in [7, 11) is -0.711. The Morgan fingerprint density at radius 2 is 1.64 bits per heavy atom. The number of likely N-dealkylation sites (N-methyl/N-ethyl adjacent to an activating group) is 1. The maximum absolute atomic E-state index is 11.1. The highest BCUT2D eigenvalue weighted by molar-refractivity contribution is 7.92. The monoisotopic (exact) mass is 173 g/mol. The third-order valence-corrected chi connectivity index (χ3v) is 3.79. The molecule has 0 spiro atoms. The molecule has 0 aliphatic carbocycles. The van der Waals surface area contributed by atoms with Gasteiger partial charge in [0.25, 0.3) is 0 Å². The molecular formula is C7H11NO2S. The van der Waals surface area contributed by atoms with E-state index in [1.807, 2.05) is 7.05 Å². The van der Waals surface area contributed by atoms with Gasteiger partial charge in [0.05, 0.1) is 11.5 Å². The van der Waals surface area contributed by atoms with Gasteiger partial charge in [0.1, 0.15) is 0 Å². The van der Waals surface area contributed by atoms with Crippen LogP contribution in [0.5, 0.6) is 0 Å². The molecule has 0 amide bonds. The molecule has 0 aromatic rings. The molecule has 2 aliphatic heterocycles. The Hall–Kier alpha value is -0.350. The molecule has 0 radical (unpaired) electrons. The molecule has 0 fully saturated rings. The Bertz CT molecular complexity index is 291. The highest BCUT2D eigenvalue weighted by Crippen LogP contribution is 2.25. The van der Waals surface area contributed by atoms with E-state index in [0.29, 0.717) is 11.5 Å². The van der Waals surface area contributed by atoms with Gasteiger partial charge in [-0.3, -0.25) is 4.90 Å². The third-order valence-electron chi connectivity index (χ3n) is 2.21. The van der Waals surface area contributed by atoms with E-state index < -0.39 is 9.84 Å². The molecule has 0 aromatic carbocycles. The second-order valence-electron chi connectivity index (χ2n) is 3.41. The van der Waals surface area contributed by atoms with E-state index in [-0.39, 0.29) is 0 Å². The van der Waals surface area contributed by atoms with Crippen molar-refractivity contribution in [3.63, 3.8) is 0 Å². The number of nitrogens with zero attached hydrogens (tertiary/aromatic N) is 1. The Balaban J connectivity index is 2.24. The smallest absolute Gasteiger partial charge is 0.158 e. The quantitative estimate of drug-likeness (QED) is 0.470. The summed E-state index contributed by atoms with van der Waals surface area (Å²) in [6.45, 7) is 1.71. The van der Waals surface area contributed by atoms with Crippen LogP contribution < -0.4 is 0 Å². The predicted octanol–water partition coefficient (Wildman–Crippen LogP) is -0.343. The summed E-state index contributed by atoms with van der Waals surface area (Å²) < 4.78 is 22.2.